The summed E-state index contributed by atoms with van der Waals surface area (Å²) >= 11 is 0. The number of benzene rings is 3. The Kier molecular flexibility index (Phi) is 8.06. The number of hydrogen-bond acceptors (Lipinski definition) is 10. The predicted octanol–water partition coefficient (Wildman–Crippen LogP) is 5.98. The van der Waals surface area contributed by atoms with Crippen LogP contribution in [0.25, 0.3) is 5.76 Å². The third-order valence-electron chi connectivity index (χ3n) is 7.56. The number of fused-ring (bicyclic) bond motifs is 2. The number of phenolic OH excluding ortho intramolecular Hbond substituents is 1. The van der Waals surface area contributed by atoms with Gasteiger partial charge in [0.25, 0.3) is 0 Å². The molecule has 44 heavy (non-hydrogen) atoms. The number of Topliss-reactive ketones (excluding diaryl/α,β-unsaturated/α-hetero) is 1. The van der Waals surface area contributed by atoms with Crippen molar-refractivity contribution < 1.29 is 32.5 Å². The Morgan fingerprint density at radius 3 is 2.34 bits per heavy atom. The lowest BCUT2D eigenvalue weighted by atomic mass is 9.69. The summed E-state index contributed by atoms with van der Waals surface area (Å²) in [6, 6.07) is 17.8. The van der Waals surface area contributed by atoms with Crippen LogP contribution in [0.1, 0.15) is 50.3 Å². The van der Waals surface area contributed by atoms with Gasteiger partial charge in [-0.15, -0.1) is 4.40 Å². The van der Waals surface area contributed by atoms with Gasteiger partial charge in [-0.3, -0.25) is 23.9 Å². The van der Waals surface area contributed by atoms with E-state index in [-0.39, 0.29) is 51.1 Å². The molecule has 0 bridgehead atoms. The van der Waals surface area contributed by atoms with Gasteiger partial charge in [0, 0.05) is 12.1 Å². The average molecular weight is 641 g/mol. The van der Waals surface area contributed by atoms with Gasteiger partial charge in [-0.2, -0.15) is 0 Å². The molecule has 2 aliphatic rings. The second-order valence-electron chi connectivity index (χ2n) is 12.3. The van der Waals surface area contributed by atoms with Crippen LogP contribution >= 0.6 is 10.8 Å². The highest BCUT2D eigenvalue weighted by Gasteiger charge is 2.49. The summed E-state index contributed by atoms with van der Waals surface area (Å²) in [5, 5.41) is 27.8. The first-order chi connectivity index (χ1) is 20.5. The van der Waals surface area contributed by atoms with Crippen molar-refractivity contribution in [1.29, 1.82) is 0 Å². The van der Waals surface area contributed by atoms with E-state index in [0.29, 0.717) is 24.0 Å². The Morgan fingerprint density at radius 2 is 1.68 bits per heavy atom. The zero-order valence-electron chi connectivity index (χ0n) is 24.7. The van der Waals surface area contributed by atoms with Gasteiger partial charge in [-0.05, 0) is 59.7 Å². The molecule has 0 radical (unpaired) electrons. The van der Waals surface area contributed by atoms with Crippen molar-refractivity contribution in [3.8, 4) is 5.75 Å². The molecule has 1 atom stereocenters. The molecule has 1 heterocycles. The largest absolute Gasteiger partial charge is 0.508 e. The summed E-state index contributed by atoms with van der Waals surface area (Å²) in [6.45, 7) is 6.46. The Hall–Kier alpha value is -3.88. The molecule has 11 nitrogen and oxygen atoms in total. The van der Waals surface area contributed by atoms with Crippen LogP contribution in [0, 0.1) is 5.41 Å². The van der Waals surface area contributed by atoms with Crippen LogP contribution in [0.4, 0.5) is 11.4 Å². The number of ketones is 1. The SMILES string of the molecule is CC(C)(C)CCC1(NCc2ccc(O)cc2)C(=O)C(C2=NS(O)(O)c3cc(NS(C)(=O)=O)ccc3N2)=C(O)c2ccccc21. The summed E-state index contributed by atoms with van der Waals surface area (Å²) in [4.78, 5) is 14.7. The molecule has 7 N–H and O–H groups in total. The minimum Gasteiger partial charge on any atom is -0.508 e. The van der Waals surface area contributed by atoms with E-state index >= 15 is 0 Å². The second-order valence-corrected chi connectivity index (χ2v) is 15.7. The van der Waals surface area contributed by atoms with Gasteiger partial charge in [-0.25, -0.2) is 8.42 Å². The molecule has 0 fully saturated rings. The molecule has 3 aromatic carbocycles. The van der Waals surface area contributed by atoms with Gasteiger partial charge in [-0.1, -0.05) is 67.9 Å². The fourth-order valence-electron chi connectivity index (χ4n) is 5.37. The van der Waals surface area contributed by atoms with E-state index < -0.39 is 32.1 Å². The second kappa shape index (κ2) is 11.2. The smallest absolute Gasteiger partial charge is 0.229 e. The highest BCUT2D eigenvalue weighted by atomic mass is 32.3. The molecule has 0 aromatic heterocycles. The molecule has 1 aliphatic carbocycles. The summed E-state index contributed by atoms with van der Waals surface area (Å²) in [5.74, 6) is -0.962. The van der Waals surface area contributed by atoms with E-state index in [2.05, 4.69) is 40.5 Å². The molecule has 3 aromatic rings. The first-order valence-corrected chi connectivity index (χ1v) is 17.3. The Balaban J connectivity index is 1.63. The van der Waals surface area contributed by atoms with Crippen molar-refractivity contribution in [2.24, 2.45) is 9.81 Å². The molecular weight excluding hydrogens is 604 g/mol. The zero-order valence-corrected chi connectivity index (χ0v) is 26.4. The van der Waals surface area contributed by atoms with Gasteiger partial charge < -0.3 is 15.5 Å². The number of nitrogens with zero attached hydrogens (tertiary/aromatic N) is 1. The number of anilines is 2. The number of aliphatic hydroxyl groups is 1. The summed E-state index contributed by atoms with van der Waals surface area (Å²) in [6.07, 6.45) is 1.95. The molecular formula is C31H36N4O7S2. The molecule has 5 rings (SSSR count). The maximum absolute atomic E-state index is 14.8. The fourth-order valence-corrected chi connectivity index (χ4v) is 7.11. The third kappa shape index (κ3) is 6.33. The van der Waals surface area contributed by atoms with Crippen molar-refractivity contribution in [2.45, 2.75) is 50.6 Å². The summed E-state index contributed by atoms with van der Waals surface area (Å²) < 4.78 is 52.1. The molecule has 1 unspecified atom stereocenters. The Bertz CT molecular complexity index is 1800. The molecule has 0 amide bonds. The molecule has 0 saturated heterocycles. The zero-order chi connectivity index (χ0) is 32.1. The highest BCUT2D eigenvalue weighted by Crippen LogP contribution is 2.57. The Labute approximate surface area is 258 Å². The molecule has 13 heteroatoms. The van der Waals surface area contributed by atoms with Gasteiger partial charge >= 0.3 is 0 Å². The normalized spacial score (nSPS) is 20.2. The van der Waals surface area contributed by atoms with Gasteiger partial charge in [0.05, 0.1) is 17.6 Å². The quantitative estimate of drug-likeness (QED) is 0.156. The standard InChI is InChI=1S/C31H36N4O7S2/c1-30(2,3)15-16-31(32-18-19-9-12-21(36)13-10-19)23-8-6-5-7-22(23)27(37)26(28(31)38)29-33-24-14-11-20(34-43(4,39)40)17-25(24)44(41,42)35-29/h5-14,17,32,34,36-37,41-42H,15-16,18H2,1-4H3,(H,33,35). The number of aliphatic hydroxyl groups excluding tert-OH is 1. The van der Waals surface area contributed by atoms with E-state index in [1.807, 2.05) is 0 Å². The van der Waals surface area contributed by atoms with Crippen LogP contribution in [0.5, 0.6) is 5.75 Å². The van der Waals surface area contributed by atoms with Crippen molar-refractivity contribution in [3.63, 3.8) is 0 Å². The topological polar surface area (TPSA) is 181 Å². The van der Waals surface area contributed by atoms with Gasteiger partial charge in [0.2, 0.25) is 10.0 Å². The van der Waals surface area contributed by atoms with Gasteiger partial charge in [0.15, 0.2) is 11.6 Å². The number of hydrogen-bond donors (Lipinski definition) is 7. The van der Waals surface area contributed by atoms with Crippen molar-refractivity contribution in [3.05, 3.63) is 89.0 Å². The minimum absolute atomic E-state index is 0.0666. The van der Waals surface area contributed by atoms with Crippen LogP contribution in [0.15, 0.2) is 81.6 Å². The first-order valence-electron chi connectivity index (χ1n) is 13.9. The first kappa shape index (κ1) is 31.5. The lowest BCUT2D eigenvalue weighted by molar-refractivity contribution is -0.122. The van der Waals surface area contributed by atoms with E-state index in [0.717, 1.165) is 11.8 Å². The van der Waals surface area contributed by atoms with Crippen LogP contribution < -0.4 is 15.4 Å². The summed E-state index contributed by atoms with van der Waals surface area (Å²) in [5.41, 5.74) is 0.397. The molecule has 0 spiro atoms. The summed E-state index contributed by atoms with van der Waals surface area (Å²) in [7, 11) is -7.56. The van der Waals surface area contributed by atoms with E-state index in [1.54, 1.807) is 48.5 Å². The maximum Gasteiger partial charge on any atom is 0.229 e. The van der Waals surface area contributed by atoms with Gasteiger partial charge in [0.1, 0.15) is 27.5 Å². The number of phenols is 1. The number of aromatic hydroxyl groups is 1. The number of amidine groups is 1. The highest BCUT2D eigenvalue weighted by molar-refractivity contribution is 8.23. The maximum atomic E-state index is 14.8. The van der Waals surface area contributed by atoms with E-state index in [1.165, 1.54) is 18.2 Å². The van der Waals surface area contributed by atoms with E-state index in [9.17, 15) is 32.5 Å². The van der Waals surface area contributed by atoms with Crippen molar-refractivity contribution >= 4 is 49.6 Å². The number of rotatable bonds is 8. The molecule has 0 saturated carbocycles. The minimum atomic E-state index is -3.93. The lowest BCUT2D eigenvalue weighted by Gasteiger charge is -2.42. The van der Waals surface area contributed by atoms with Crippen LogP contribution in [0.2, 0.25) is 0 Å². The monoisotopic (exact) mass is 640 g/mol. The number of carbonyl (C=O) groups is 1. The Morgan fingerprint density at radius 1 is 1.00 bits per heavy atom. The molecule has 234 valence electrons. The van der Waals surface area contributed by atoms with Crippen LogP contribution in [0.3, 0.4) is 0 Å². The molecule has 1 aliphatic heterocycles. The third-order valence-corrected chi connectivity index (χ3v) is 9.53. The van der Waals surface area contributed by atoms with Crippen molar-refractivity contribution in [2.75, 3.05) is 16.3 Å². The number of sulfonamides is 1. The fraction of sp³-hybridized carbons (Fsp3) is 0.290. The van der Waals surface area contributed by atoms with Crippen LogP contribution in [-0.2, 0) is 26.9 Å². The number of carbonyl (C=O) groups excluding carboxylic acids is 1. The number of nitrogens with one attached hydrogen (secondary N) is 3. The van der Waals surface area contributed by atoms with Crippen LogP contribution in [-0.4, -0.2) is 45.6 Å². The van der Waals surface area contributed by atoms with Crippen molar-refractivity contribution in [1.82, 2.24) is 5.32 Å². The lowest BCUT2D eigenvalue weighted by Crippen LogP contribution is -2.53. The van der Waals surface area contributed by atoms with E-state index in [4.69, 9.17) is 0 Å². The average Bonchev–Trinajstić information content (AvgIpc) is 2.92. The predicted molar refractivity (Wildman–Crippen MR) is 173 cm³/mol.